The van der Waals surface area contributed by atoms with Crippen LogP contribution in [0, 0.1) is 5.92 Å². The predicted octanol–water partition coefficient (Wildman–Crippen LogP) is 8.31. The van der Waals surface area contributed by atoms with Crippen molar-refractivity contribution < 1.29 is 4.79 Å². The van der Waals surface area contributed by atoms with Crippen LogP contribution in [0.1, 0.15) is 29.7 Å². The minimum absolute atomic E-state index is 0.258. The molecule has 2 aliphatic heterocycles. The van der Waals surface area contributed by atoms with Crippen LogP contribution < -0.4 is 10.2 Å². The fourth-order valence-corrected chi connectivity index (χ4v) is 6.63. The molecule has 2 aliphatic rings. The fourth-order valence-electron chi connectivity index (χ4n) is 5.83. The van der Waals surface area contributed by atoms with Gasteiger partial charge in [-0.15, -0.1) is 0 Å². The van der Waals surface area contributed by atoms with Gasteiger partial charge in [0, 0.05) is 54.4 Å². The van der Waals surface area contributed by atoms with Gasteiger partial charge in [0.1, 0.15) is 0 Å². The maximum Gasteiger partial charge on any atom is 0.326 e. The van der Waals surface area contributed by atoms with E-state index in [0.29, 0.717) is 33.2 Å². The molecule has 6 rings (SSSR count). The van der Waals surface area contributed by atoms with Crippen LogP contribution in [0.15, 0.2) is 79.0 Å². The van der Waals surface area contributed by atoms with E-state index in [1.807, 2.05) is 42.6 Å². The van der Waals surface area contributed by atoms with Crippen molar-refractivity contribution in [3.05, 3.63) is 111 Å². The Labute approximate surface area is 243 Å². The molecule has 3 aromatic carbocycles. The van der Waals surface area contributed by atoms with E-state index in [1.54, 1.807) is 23.1 Å². The summed E-state index contributed by atoms with van der Waals surface area (Å²) in [6.45, 7) is 5.30. The molecule has 3 heterocycles. The summed E-state index contributed by atoms with van der Waals surface area (Å²) in [5, 5.41) is 4.49. The lowest BCUT2D eigenvalue weighted by molar-refractivity contribution is 0.247. The zero-order valence-electron chi connectivity index (χ0n) is 21.4. The maximum atomic E-state index is 13.4. The van der Waals surface area contributed by atoms with Crippen LogP contribution in [0.4, 0.5) is 16.2 Å². The monoisotopic (exact) mass is 576 g/mol. The smallest absolute Gasteiger partial charge is 0.326 e. The van der Waals surface area contributed by atoms with E-state index in [2.05, 4.69) is 40.3 Å². The molecule has 0 aliphatic carbocycles. The number of hydrogen-bond acceptors (Lipinski definition) is 3. The minimum Gasteiger partial charge on any atom is -0.333 e. The van der Waals surface area contributed by atoms with Gasteiger partial charge in [-0.25, -0.2) is 4.79 Å². The Balaban J connectivity index is 1.49. The van der Waals surface area contributed by atoms with Crippen molar-refractivity contribution in [1.29, 1.82) is 0 Å². The number of nitrogens with one attached hydrogen (secondary N) is 1. The topological polar surface area (TPSA) is 48.5 Å². The highest BCUT2D eigenvalue weighted by atomic mass is 35.5. The molecule has 2 amide bonds. The molecule has 0 spiro atoms. The van der Waals surface area contributed by atoms with Gasteiger partial charge in [0.25, 0.3) is 0 Å². The molecule has 0 saturated carbocycles. The second kappa shape index (κ2) is 10.8. The first-order chi connectivity index (χ1) is 18.9. The van der Waals surface area contributed by atoms with Gasteiger partial charge in [0.15, 0.2) is 0 Å². The number of pyridine rings is 1. The number of amides is 2. The van der Waals surface area contributed by atoms with Crippen molar-refractivity contribution in [3.63, 3.8) is 0 Å². The Morgan fingerprint density at radius 3 is 2.38 bits per heavy atom. The molecule has 2 unspecified atom stereocenters. The SMILES string of the molecule is CC1CN(Cc2ccccn2)CC1c1cc(-c2ccccc2Cl)c2c(c1)N(c1c(Cl)cccc1Cl)C(=O)NC2. The van der Waals surface area contributed by atoms with E-state index in [1.165, 1.54) is 0 Å². The number of carbonyl (C=O) groups is 1. The van der Waals surface area contributed by atoms with Gasteiger partial charge >= 0.3 is 6.03 Å². The average Bonchev–Trinajstić information content (AvgIpc) is 3.29. The fraction of sp³-hybridized carbons (Fsp3) is 0.226. The lowest BCUT2D eigenvalue weighted by Crippen LogP contribution is -2.41. The highest BCUT2D eigenvalue weighted by Gasteiger charge is 2.35. The van der Waals surface area contributed by atoms with Crippen LogP contribution in [-0.2, 0) is 13.1 Å². The Kier molecular flexibility index (Phi) is 7.25. The predicted molar refractivity (Wildman–Crippen MR) is 159 cm³/mol. The first kappa shape index (κ1) is 26.1. The van der Waals surface area contributed by atoms with Crippen LogP contribution in [-0.4, -0.2) is 29.0 Å². The number of rotatable bonds is 5. The number of likely N-dealkylation sites (tertiary alicyclic amines) is 1. The highest BCUT2D eigenvalue weighted by molar-refractivity contribution is 6.40. The quantitative estimate of drug-likeness (QED) is 0.259. The summed E-state index contributed by atoms with van der Waals surface area (Å²) in [5.41, 5.74) is 6.35. The van der Waals surface area contributed by atoms with Gasteiger partial charge in [-0.05, 0) is 53.4 Å². The Morgan fingerprint density at radius 2 is 1.64 bits per heavy atom. The number of fused-ring (bicyclic) bond motifs is 1. The summed E-state index contributed by atoms with van der Waals surface area (Å²) in [6.07, 6.45) is 1.84. The Morgan fingerprint density at radius 1 is 0.897 bits per heavy atom. The van der Waals surface area contributed by atoms with Crippen LogP contribution in [0.3, 0.4) is 0 Å². The molecule has 5 nitrogen and oxygen atoms in total. The molecule has 0 radical (unpaired) electrons. The van der Waals surface area contributed by atoms with Crippen molar-refractivity contribution >= 4 is 52.2 Å². The van der Waals surface area contributed by atoms with Crippen molar-refractivity contribution in [3.8, 4) is 11.1 Å². The zero-order valence-corrected chi connectivity index (χ0v) is 23.6. The molecular weight excluding hydrogens is 551 g/mol. The number of halogens is 3. The summed E-state index contributed by atoms with van der Waals surface area (Å²) in [4.78, 5) is 22.0. The number of nitrogens with zero attached hydrogens (tertiary/aromatic N) is 3. The standard InChI is InChI=1S/C31H27Cl3N4O/c1-19-16-37(17-21-7-4-5-12-35-21)18-25(19)20-13-23(22-8-2-3-9-26(22)32)24-15-36-31(39)38(29(24)14-20)30-27(33)10-6-11-28(30)34/h2-14,19,25H,15-18H2,1H3,(H,36,39). The molecule has 198 valence electrons. The third-order valence-corrected chi connectivity index (χ3v) is 8.60. The molecule has 1 N–H and O–H groups in total. The van der Waals surface area contributed by atoms with Gasteiger partial charge in [0.2, 0.25) is 0 Å². The van der Waals surface area contributed by atoms with Crippen LogP contribution >= 0.6 is 34.8 Å². The number of benzene rings is 3. The van der Waals surface area contributed by atoms with E-state index in [4.69, 9.17) is 34.8 Å². The van der Waals surface area contributed by atoms with E-state index in [0.717, 1.165) is 53.3 Å². The number of aromatic nitrogens is 1. The van der Waals surface area contributed by atoms with E-state index in [9.17, 15) is 4.79 Å². The third-order valence-electron chi connectivity index (χ3n) is 7.66. The summed E-state index contributed by atoms with van der Waals surface area (Å²) in [7, 11) is 0. The first-order valence-electron chi connectivity index (χ1n) is 13.0. The molecule has 8 heteroatoms. The van der Waals surface area contributed by atoms with Gasteiger partial charge in [0.05, 0.1) is 27.1 Å². The van der Waals surface area contributed by atoms with E-state index < -0.39 is 0 Å². The number of carbonyl (C=O) groups excluding carboxylic acids is 1. The number of para-hydroxylation sites is 1. The highest BCUT2D eigenvalue weighted by Crippen LogP contribution is 2.46. The van der Waals surface area contributed by atoms with Crippen molar-refractivity contribution in [2.24, 2.45) is 5.92 Å². The summed E-state index contributed by atoms with van der Waals surface area (Å²) in [5.74, 6) is 0.662. The first-order valence-corrected chi connectivity index (χ1v) is 14.1. The second-order valence-electron chi connectivity index (χ2n) is 10.2. The molecule has 2 atom stereocenters. The molecule has 4 aromatic rings. The molecule has 1 fully saturated rings. The maximum absolute atomic E-state index is 13.4. The minimum atomic E-state index is -0.268. The molecular formula is C31H27Cl3N4O. The lowest BCUT2D eigenvalue weighted by atomic mass is 9.85. The lowest BCUT2D eigenvalue weighted by Gasteiger charge is -2.34. The van der Waals surface area contributed by atoms with Crippen molar-refractivity contribution in [1.82, 2.24) is 15.2 Å². The van der Waals surface area contributed by atoms with Crippen LogP contribution in [0.2, 0.25) is 15.1 Å². The number of urea groups is 1. The van der Waals surface area contributed by atoms with Crippen LogP contribution in [0.5, 0.6) is 0 Å². The van der Waals surface area contributed by atoms with Gasteiger partial charge < -0.3 is 5.32 Å². The van der Waals surface area contributed by atoms with Gasteiger partial charge in [-0.3, -0.25) is 14.8 Å². The summed E-state index contributed by atoms with van der Waals surface area (Å²) in [6, 6.07) is 23.2. The number of anilines is 2. The summed E-state index contributed by atoms with van der Waals surface area (Å²) >= 11 is 20.0. The Hall–Kier alpha value is -3.09. The van der Waals surface area contributed by atoms with E-state index in [-0.39, 0.29) is 11.9 Å². The normalized spacial score (nSPS) is 19.2. The second-order valence-corrected chi connectivity index (χ2v) is 11.4. The molecule has 1 aromatic heterocycles. The van der Waals surface area contributed by atoms with Crippen molar-refractivity contribution in [2.75, 3.05) is 18.0 Å². The molecule has 39 heavy (non-hydrogen) atoms. The largest absolute Gasteiger partial charge is 0.333 e. The van der Waals surface area contributed by atoms with Crippen molar-refractivity contribution in [2.45, 2.75) is 25.9 Å². The van der Waals surface area contributed by atoms with Gasteiger partial charge in [-0.2, -0.15) is 0 Å². The Bertz CT molecular complexity index is 1520. The molecule has 0 bridgehead atoms. The average molecular weight is 578 g/mol. The molecule has 1 saturated heterocycles. The number of hydrogen-bond donors (Lipinski definition) is 1. The third kappa shape index (κ3) is 5.01. The van der Waals surface area contributed by atoms with Gasteiger partial charge in [-0.1, -0.05) is 78.1 Å². The van der Waals surface area contributed by atoms with E-state index >= 15 is 0 Å². The van der Waals surface area contributed by atoms with Crippen LogP contribution in [0.25, 0.3) is 11.1 Å². The zero-order chi connectivity index (χ0) is 27.1. The summed E-state index contributed by atoms with van der Waals surface area (Å²) < 4.78 is 0.